The number of nitrogens with one attached hydrogen (secondary N) is 1. The number of para-hydroxylation sites is 2. The number of anilines is 1. The summed E-state index contributed by atoms with van der Waals surface area (Å²) in [5, 5.41) is 24.2. The van der Waals surface area contributed by atoms with Crippen LogP contribution < -0.4 is 10.1 Å². The minimum absolute atomic E-state index is 0.0424. The van der Waals surface area contributed by atoms with Gasteiger partial charge in [-0.15, -0.1) is 10.2 Å². The lowest BCUT2D eigenvalue weighted by Crippen LogP contribution is -2.13. The molecule has 1 amide bonds. The number of nitrogens with zero attached hydrogens (tertiary/aromatic N) is 2. The van der Waals surface area contributed by atoms with Crippen LogP contribution in [-0.4, -0.2) is 18.1 Å². The zero-order chi connectivity index (χ0) is 22.7. The summed E-state index contributed by atoms with van der Waals surface area (Å²) >= 11 is 12.2. The van der Waals surface area contributed by atoms with Crippen molar-refractivity contribution in [3.05, 3.63) is 88.4 Å². The van der Waals surface area contributed by atoms with Gasteiger partial charge in [-0.3, -0.25) is 4.79 Å². The predicted molar refractivity (Wildman–Crippen MR) is 127 cm³/mol. The van der Waals surface area contributed by atoms with E-state index >= 15 is 0 Å². The molecule has 0 heterocycles. The summed E-state index contributed by atoms with van der Waals surface area (Å²) in [6, 6.07) is 20.6. The zero-order valence-electron chi connectivity index (χ0n) is 16.8. The number of carbonyl (C=O) groups is 1. The Morgan fingerprint density at radius 2 is 1.72 bits per heavy atom. The van der Waals surface area contributed by atoms with E-state index in [1.165, 1.54) is 7.11 Å². The number of carbonyl (C=O) groups excluding carboxylic acids is 1. The van der Waals surface area contributed by atoms with E-state index in [1.807, 2.05) is 18.2 Å². The fraction of sp³-hybridized carbons (Fsp3) is 0.0417. The normalized spacial score (nSPS) is 11.1. The van der Waals surface area contributed by atoms with Crippen molar-refractivity contribution >= 4 is 56.9 Å². The number of ether oxygens (including phenoxy) is 1. The fourth-order valence-corrected chi connectivity index (χ4v) is 3.52. The van der Waals surface area contributed by atoms with Crippen LogP contribution in [0.5, 0.6) is 11.5 Å². The number of hydrogen-bond acceptors (Lipinski definition) is 5. The van der Waals surface area contributed by atoms with Gasteiger partial charge in [-0.2, -0.15) is 0 Å². The van der Waals surface area contributed by atoms with E-state index in [4.69, 9.17) is 27.9 Å². The Morgan fingerprint density at radius 1 is 0.969 bits per heavy atom. The van der Waals surface area contributed by atoms with Crippen molar-refractivity contribution in [2.45, 2.75) is 0 Å². The first kappa shape index (κ1) is 21.6. The van der Waals surface area contributed by atoms with Crippen LogP contribution in [-0.2, 0) is 0 Å². The van der Waals surface area contributed by atoms with Crippen molar-refractivity contribution in [2.75, 3.05) is 12.4 Å². The van der Waals surface area contributed by atoms with E-state index in [0.717, 1.165) is 0 Å². The maximum atomic E-state index is 13.0. The summed E-state index contributed by atoms with van der Waals surface area (Å²) in [5.41, 5.74) is 0.998. The molecule has 0 unspecified atom stereocenters. The fourth-order valence-electron chi connectivity index (χ4n) is 3.20. The van der Waals surface area contributed by atoms with E-state index in [0.29, 0.717) is 37.9 Å². The molecule has 0 aliphatic heterocycles. The van der Waals surface area contributed by atoms with Crippen LogP contribution in [0.4, 0.5) is 17.1 Å². The first-order chi connectivity index (χ1) is 15.5. The van der Waals surface area contributed by atoms with Crippen LogP contribution in [0.15, 0.2) is 83.0 Å². The molecule has 0 spiro atoms. The third kappa shape index (κ3) is 4.37. The van der Waals surface area contributed by atoms with E-state index in [-0.39, 0.29) is 17.0 Å². The molecular formula is C24H17Cl2N3O3. The molecule has 0 aromatic heterocycles. The third-order valence-electron chi connectivity index (χ3n) is 4.76. The molecule has 0 radical (unpaired) electrons. The van der Waals surface area contributed by atoms with Gasteiger partial charge in [0.15, 0.2) is 5.75 Å². The summed E-state index contributed by atoms with van der Waals surface area (Å²) in [6.07, 6.45) is 0. The number of amides is 1. The number of rotatable bonds is 5. The highest BCUT2D eigenvalue weighted by molar-refractivity contribution is 6.35. The summed E-state index contributed by atoms with van der Waals surface area (Å²) in [7, 11) is 1.51. The Morgan fingerprint density at radius 3 is 2.53 bits per heavy atom. The minimum Gasteiger partial charge on any atom is -0.505 e. The second kappa shape index (κ2) is 9.26. The molecule has 0 saturated heterocycles. The second-order valence-electron chi connectivity index (χ2n) is 6.79. The van der Waals surface area contributed by atoms with Gasteiger partial charge in [0.05, 0.1) is 23.4 Å². The first-order valence-electron chi connectivity index (χ1n) is 9.54. The van der Waals surface area contributed by atoms with E-state index < -0.39 is 5.91 Å². The highest BCUT2D eigenvalue weighted by Gasteiger charge is 2.19. The van der Waals surface area contributed by atoms with Crippen molar-refractivity contribution in [1.29, 1.82) is 0 Å². The van der Waals surface area contributed by atoms with Gasteiger partial charge in [0.25, 0.3) is 5.91 Å². The SMILES string of the molecule is COc1ccccc1NC(=O)c1cc2ccccc2c(/N=N/c2cc(Cl)ccc2Cl)c1O. The van der Waals surface area contributed by atoms with E-state index in [2.05, 4.69) is 15.5 Å². The Labute approximate surface area is 194 Å². The lowest BCUT2D eigenvalue weighted by molar-refractivity contribution is 0.102. The van der Waals surface area contributed by atoms with Crippen molar-refractivity contribution in [3.63, 3.8) is 0 Å². The molecule has 4 aromatic carbocycles. The van der Waals surface area contributed by atoms with Gasteiger partial charge in [0.2, 0.25) is 0 Å². The highest BCUT2D eigenvalue weighted by Crippen LogP contribution is 2.40. The number of phenols is 1. The molecule has 8 heteroatoms. The summed E-state index contributed by atoms with van der Waals surface area (Å²) < 4.78 is 5.28. The molecule has 4 rings (SSSR count). The highest BCUT2D eigenvalue weighted by atomic mass is 35.5. The number of methoxy groups -OCH3 is 1. The van der Waals surface area contributed by atoms with Crippen LogP contribution in [0.25, 0.3) is 10.8 Å². The van der Waals surface area contributed by atoms with Crippen LogP contribution in [0.2, 0.25) is 10.0 Å². The Balaban J connectivity index is 1.80. The predicted octanol–water partition coefficient (Wildman–Crippen LogP) is 7.53. The third-order valence-corrected chi connectivity index (χ3v) is 5.32. The van der Waals surface area contributed by atoms with Gasteiger partial charge in [-0.25, -0.2) is 0 Å². The maximum Gasteiger partial charge on any atom is 0.259 e. The summed E-state index contributed by atoms with van der Waals surface area (Å²) in [5.74, 6) is -0.329. The average molecular weight is 466 g/mol. The van der Waals surface area contributed by atoms with E-state index in [9.17, 15) is 9.90 Å². The number of benzene rings is 4. The lowest BCUT2D eigenvalue weighted by Gasteiger charge is -2.13. The molecule has 0 aliphatic carbocycles. The summed E-state index contributed by atoms with van der Waals surface area (Å²) in [4.78, 5) is 13.0. The Bertz CT molecular complexity index is 1360. The van der Waals surface area contributed by atoms with Gasteiger partial charge in [0, 0.05) is 10.4 Å². The molecule has 0 atom stereocenters. The number of halogens is 2. The van der Waals surface area contributed by atoms with Crippen LogP contribution in [0.3, 0.4) is 0 Å². The van der Waals surface area contributed by atoms with Crippen molar-refractivity contribution in [1.82, 2.24) is 0 Å². The average Bonchev–Trinajstić information content (AvgIpc) is 2.80. The molecule has 0 bridgehead atoms. The van der Waals surface area contributed by atoms with Crippen LogP contribution >= 0.6 is 23.2 Å². The topological polar surface area (TPSA) is 83.3 Å². The van der Waals surface area contributed by atoms with E-state index in [1.54, 1.807) is 54.6 Å². The molecule has 4 aromatic rings. The maximum absolute atomic E-state index is 13.0. The second-order valence-corrected chi connectivity index (χ2v) is 7.64. The molecular weight excluding hydrogens is 449 g/mol. The zero-order valence-corrected chi connectivity index (χ0v) is 18.4. The number of azo groups is 1. The molecule has 160 valence electrons. The van der Waals surface area contributed by atoms with Gasteiger partial charge >= 0.3 is 0 Å². The minimum atomic E-state index is -0.519. The van der Waals surface area contributed by atoms with Gasteiger partial charge in [-0.1, -0.05) is 59.6 Å². The van der Waals surface area contributed by atoms with Crippen molar-refractivity contribution < 1.29 is 14.6 Å². The molecule has 2 N–H and O–H groups in total. The molecule has 6 nitrogen and oxygen atoms in total. The van der Waals surface area contributed by atoms with Gasteiger partial charge in [-0.05, 0) is 41.8 Å². The molecule has 32 heavy (non-hydrogen) atoms. The smallest absolute Gasteiger partial charge is 0.259 e. The van der Waals surface area contributed by atoms with Crippen molar-refractivity contribution in [2.24, 2.45) is 10.2 Å². The van der Waals surface area contributed by atoms with Gasteiger partial charge in [0.1, 0.15) is 17.1 Å². The molecule has 0 fully saturated rings. The number of fused-ring (bicyclic) bond motifs is 1. The van der Waals surface area contributed by atoms with Crippen LogP contribution in [0, 0.1) is 0 Å². The largest absolute Gasteiger partial charge is 0.505 e. The quantitative estimate of drug-likeness (QED) is 0.298. The number of hydrogen-bond donors (Lipinski definition) is 2. The Kier molecular flexibility index (Phi) is 6.25. The number of aromatic hydroxyl groups is 1. The molecule has 0 aliphatic rings. The first-order valence-corrected chi connectivity index (χ1v) is 10.3. The lowest BCUT2D eigenvalue weighted by atomic mass is 10.0. The van der Waals surface area contributed by atoms with Crippen molar-refractivity contribution in [3.8, 4) is 11.5 Å². The van der Waals surface area contributed by atoms with Gasteiger partial charge < -0.3 is 15.2 Å². The molecule has 0 saturated carbocycles. The van der Waals surface area contributed by atoms with Crippen LogP contribution in [0.1, 0.15) is 10.4 Å². The Hall–Kier alpha value is -3.61. The monoisotopic (exact) mass is 465 g/mol. The summed E-state index contributed by atoms with van der Waals surface area (Å²) in [6.45, 7) is 0. The standard InChI is InChI=1S/C24H17Cl2N3O3/c1-32-21-9-5-4-8-19(21)27-24(31)17-12-14-6-2-3-7-16(14)22(23(17)30)29-28-20-13-15(25)10-11-18(20)26/h2-13,30H,1H3,(H,27,31)/b29-28+. The number of phenolic OH excluding ortho intramolecular Hbond substituents is 1.